The Bertz CT molecular complexity index is 776. The summed E-state index contributed by atoms with van der Waals surface area (Å²) in [7, 11) is 7.38. The minimum absolute atomic E-state index is 0. The summed E-state index contributed by atoms with van der Waals surface area (Å²) < 4.78 is 1.99. The van der Waals surface area contributed by atoms with Crippen LogP contribution in [0.25, 0.3) is 0 Å². The molecular weight excluding hydrogens is 489 g/mol. The zero-order valence-corrected chi connectivity index (χ0v) is 19.9. The number of nitrogens with zero attached hydrogens (tertiary/aromatic N) is 4. The van der Waals surface area contributed by atoms with Crippen LogP contribution in [0, 0.1) is 0 Å². The van der Waals surface area contributed by atoms with Gasteiger partial charge in [0.05, 0.1) is 11.6 Å². The number of amides is 1. The number of aryl methyl sites for hydroxylation is 1. The highest BCUT2D eigenvalue weighted by atomic mass is 127. The van der Waals surface area contributed by atoms with E-state index in [2.05, 4.69) is 22.4 Å². The van der Waals surface area contributed by atoms with E-state index in [4.69, 9.17) is 11.6 Å². The summed E-state index contributed by atoms with van der Waals surface area (Å²) in [6.07, 6.45) is 2.76. The van der Waals surface area contributed by atoms with Gasteiger partial charge in [0.2, 0.25) is 5.91 Å². The summed E-state index contributed by atoms with van der Waals surface area (Å²) in [4.78, 5) is 20.0. The van der Waals surface area contributed by atoms with E-state index in [9.17, 15) is 4.79 Å². The third kappa shape index (κ3) is 7.71. The summed E-state index contributed by atoms with van der Waals surface area (Å²) in [5.74, 6) is 0.658. The first kappa shape index (κ1) is 24.3. The molecule has 1 N–H and O–H groups in total. The normalized spacial score (nSPS) is 11.0. The number of aliphatic imine (C=N–C) groups is 1. The fraction of sp³-hybridized carbons (Fsp3) is 0.400. The van der Waals surface area contributed by atoms with Gasteiger partial charge in [-0.25, -0.2) is 4.99 Å². The highest BCUT2D eigenvalue weighted by Crippen LogP contribution is 2.14. The molecule has 0 bridgehead atoms. The fourth-order valence-electron chi connectivity index (χ4n) is 2.60. The molecule has 0 spiro atoms. The zero-order chi connectivity index (χ0) is 19.8. The smallest absolute Gasteiger partial charge is 0.243 e. The van der Waals surface area contributed by atoms with Gasteiger partial charge in [0.1, 0.15) is 6.54 Å². The molecule has 2 rings (SSSR count). The molecule has 0 aliphatic carbocycles. The molecule has 0 saturated carbocycles. The summed E-state index contributed by atoms with van der Waals surface area (Å²) in [6, 6.07) is 12.2. The van der Waals surface area contributed by atoms with Crippen LogP contribution >= 0.6 is 35.6 Å². The number of likely N-dealkylation sites (N-methyl/N-ethyl adjacent to an activating group) is 1. The van der Waals surface area contributed by atoms with Crippen molar-refractivity contribution in [2.75, 3.05) is 34.2 Å². The molecule has 0 atom stereocenters. The van der Waals surface area contributed by atoms with Gasteiger partial charge < -0.3 is 19.7 Å². The molecule has 1 heterocycles. The van der Waals surface area contributed by atoms with Crippen molar-refractivity contribution in [1.29, 1.82) is 0 Å². The lowest BCUT2D eigenvalue weighted by Crippen LogP contribution is -2.40. The molecule has 0 radical (unpaired) electrons. The highest BCUT2D eigenvalue weighted by Gasteiger charge is 2.12. The first-order valence-corrected chi connectivity index (χ1v) is 9.29. The Morgan fingerprint density at radius 1 is 1.21 bits per heavy atom. The number of nitrogens with one attached hydrogen (secondary N) is 1. The van der Waals surface area contributed by atoms with Crippen LogP contribution in [0.3, 0.4) is 0 Å². The molecule has 8 heteroatoms. The van der Waals surface area contributed by atoms with Gasteiger partial charge in [-0.2, -0.15) is 0 Å². The Kier molecular flexibility index (Phi) is 10.4. The predicted octanol–water partition coefficient (Wildman–Crippen LogP) is 3.00. The van der Waals surface area contributed by atoms with Crippen LogP contribution in [-0.2, 0) is 24.8 Å². The molecule has 2 aromatic rings. The van der Waals surface area contributed by atoms with E-state index in [-0.39, 0.29) is 36.4 Å². The van der Waals surface area contributed by atoms with Crippen LogP contribution < -0.4 is 5.32 Å². The van der Waals surface area contributed by atoms with Crippen molar-refractivity contribution >= 4 is 47.4 Å². The van der Waals surface area contributed by atoms with E-state index in [1.54, 1.807) is 19.0 Å². The van der Waals surface area contributed by atoms with Gasteiger partial charge in [0.15, 0.2) is 5.96 Å². The number of benzene rings is 1. The van der Waals surface area contributed by atoms with Crippen LogP contribution in [0.1, 0.15) is 11.3 Å². The van der Waals surface area contributed by atoms with Gasteiger partial charge in [0.25, 0.3) is 0 Å². The predicted molar refractivity (Wildman–Crippen MR) is 126 cm³/mol. The standard InChI is InChI=1S/C20H28ClN5O.HI/c1-24(2)19(27)13-23-20(22-11-10-16-8-6-5-7-9-16)26(4)15-18-12-17(21)14-25(18)3;/h5-9,12,14H,10-11,13,15H2,1-4H3,(H,22,23);1H. The molecule has 1 aromatic carbocycles. The second kappa shape index (κ2) is 12.0. The lowest BCUT2D eigenvalue weighted by atomic mass is 10.1. The zero-order valence-electron chi connectivity index (χ0n) is 16.9. The van der Waals surface area contributed by atoms with Crippen molar-refractivity contribution in [2.24, 2.45) is 12.0 Å². The SMILES string of the molecule is CN(C)C(=O)CN=C(NCCc1ccccc1)N(C)Cc1cc(Cl)cn1C.I. The van der Waals surface area contributed by atoms with Gasteiger partial charge in [-0.1, -0.05) is 41.9 Å². The lowest BCUT2D eigenvalue weighted by molar-refractivity contribution is -0.127. The molecule has 0 unspecified atom stereocenters. The molecule has 1 amide bonds. The van der Waals surface area contributed by atoms with Crippen molar-refractivity contribution in [3.8, 4) is 0 Å². The van der Waals surface area contributed by atoms with E-state index in [1.807, 2.05) is 54.0 Å². The van der Waals surface area contributed by atoms with E-state index in [1.165, 1.54) is 5.56 Å². The van der Waals surface area contributed by atoms with Crippen LogP contribution in [0.2, 0.25) is 5.02 Å². The van der Waals surface area contributed by atoms with Crippen LogP contribution in [0.5, 0.6) is 0 Å². The Labute approximate surface area is 189 Å². The fourth-order valence-corrected chi connectivity index (χ4v) is 2.87. The maximum absolute atomic E-state index is 11.9. The number of guanidine groups is 1. The quantitative estimate of drug-likeness (QED) is 0.349. The molecule has 6 nitrogen and oxygen atoms in total. The molecule has 0 aliphatic heterocycles. The monoisotopic (exact) mass is 517 g/mol. The minimum atomic E-state index is -0.0346. The van der Waals surface area contributed by atoms with Gasteiger partial charge >= 0.3 is 0 Å². The Balaban J connectivity index is 0.00000392. The van der Waals surface area contributed by atoms with Gasteiger partial charge in [-0.3, -0.25) is 4.79 Å². The van der Waals surface area contributed by atoms with Crippen LogP contribution in [0.4, 0.5) is 0 Å². The summed E-state index contributed by atoms with van der Waals surface area (Å²) in [5, 5.41) is 4.08. The second-order valence-electron chi connectivity index (χ2n) is 6.71. The summed E-state index contributed by atoms with van der Waals surface area (Å²) in [5.41, 5.74) is 2.32. The van der Waals surface area contributed by atoms with Gasteiger partial charge in [-0.15, -0.1) is 24.0 Å². The molecule has 0 aliphatic rings. The Morgan fingerprint density at radius 2 is 1.89 bits per heavy atom. The molecule has 154 valence electrons. The number of aromatic nitrogens is 1. The number of rotatable bonds is 7. The average Bonchev–Trinajstić information content (AvgIpc) is 2.95. The van der Waals surface area contributed by atoms with Crippen molar-refractivity contribution < 1.29 is 4.79 Å². The highest BCUT2D eigenvalue weighted by molar-refractivity contribution is 14.0. The molecule has 28 heavy (non-hydrogen) atoms. The summed E-state index contributed by atoms with van der Waals surface area (Å²) >= 11 is 6.08. The van der Waals surface area contributed by atoms with Gasteiger partial charge in [-0.05, 0) is 18.1 Å². The minimum Gasteiger partial charge on any atom is -0.356 e. The largest absolute Gasteiger partial charge is 0.356 e. The maximum Gasteiger partial charge on any atom is 0.243 e. The maximum atomic E-state index is 11.9. The van der Waals surface area contributed by atoms with E-state index in [0.717, 1.165) is 18.7 Å². The van der Waals surface area contributed by atoms with E-state index >= 15 is 0 Å². The van der Waals surface area contributed by atoms with E-state index in [0.29, 0.717) is 17.5 Å². The first-order valence-electron chi connectivity index (χ1n) is 8.91. The van der Waals surface area contributed by atoms with Crippen LogP contribution in [0.15, 0.2) is 47.6 Å². The summed E-state index contributed by atoms with van der Waals surface area (Å²) in [6.45, 7) is 1.48. The van der Waals surface area contributed by atoms with Crippen molar-refractivity contribution in [1.82, 2.24) is 19.7 Å². The average molecular weight is 518 g/mol. The molecule has 1 aromatic heterocycles. The Morgan fingerprint density at radius 3 is 2.46 bits per heavy atom. The van der Waals surface area contributed by atoms with Crippen molar-refractivity contribution in [3.63, 3.8) is 0 Å². The number of hydrogen-bond acceptors (Lipinski definition) is 2. The van der Waals surface area contributed by atoms with Crippen molar-refractivity contribution in [3.05, 3.63) is 58.9 Å². The number of carbonyl (C=O) groups excluding carboxylic acids is 1. The lowest BCUT2D eigenvalue weighted by Gasteiger charge is -2.23. The van der Waals surface area contributed by atoms with E-state index < -0.39 is 0 Å². The number of carbonyl (C=O) groups is 1. The van der Waals surface area contributed by atoms with Gasteiger partial charge in [0, 0.05) is 46.6 Å². The second-order valence-corrected chi connectivity index (χ2v) is 7.14. The first-order chi connectivity index (χ1) is 12.9. The number of halogens is 2. The Hall–Kier alpha value is -1.74. The number of hydrogen-bond donors (Lipinski definition) is 1. The third-order valence-corrected chi connectivity index (χ3v) is 4.44. The molecule has 0 fully saturated rings. The third-order valence-electron chi connectivity index (χ3n) is 4.24. The van der Waals surface area contributed by atoms with Crippen LogP contribution in [-0.4, -0.2) is 60.5 Å². The molecular formula is C20H29ClIN5O. The van der Waals surface area contributed by atoms with Crippen molar-refractivity contribution in [2.45, 2.75) is 13.0 Å². The topological polar surface area (TPSA) is 52.9 Å². The molecule has 0 saturated heterocycles.